The van der Waals surface area contributed by atoms with Crippen LogP contribution < -0.4 is 10.1 Å². The lowest BCUT2D eigenvalue weighted by atomic mass is 10.1. The highest BCUT2D eigenvalue weighted by Gasteiger charge is 2.26. The molecule has 0 aliphatic carbocycles. The second-order valence-corrected chi connectivity index (χ2v) is 11.0. The molecule has 1 aromatic carbocycles. The number of aromatic nitrogens is 3. The van der Waals surface area contributed by atoms with Gasteiger partial charge in [-0.2, -0.15) is 10.4 Å². The molecule has 2 heterocycles. The molecule has 0 atom stereocenters. The van der Waals surface area contributed by atoms with Gasteiger partial charge in [0.2, 0.25) is 5.88 Å². The molecule has 11 heteroatoms. The molecule has 2 aromatic heterocycles. The van der Waals surface area contributed by atoms with E-state index >= 15 is 0 Å². The minimum atomic E-state index is -0.499. The third kappa shape index (κ3) is 8.01. The van der Waals surface area contributed by atoms with E-state index in [4.69, 9.17) is 14.6 Å². The summed E-state index contributed by atoms with van der Waals surface area (Å²) >= 11 is 0. The zero-order valence-electron chi connectivity index (χ0n) is 23.1. The number of nitrogens with zero attached hydrogens (tertiary/aromatic N) is 5. The second-order valence-electron chi connectivity index (χ2n) is 11.0. The van der Waals surface area contributed by atoms with Crippen molar-refractivity contribution < 1.29 is 19.2 Å². The molecular formula is C28H34N6O5. The molecule has 0 unspecified atom stereocenters. The Bertz CT molecular complexity index is 1360. The lowest BCUT2D eigenvalue weighted by Gasteiger charge is -2.23. The molecule has 0 spiro atoms. The number of carbonyl (C=O) groups is 1. The molecule has 0 aliphatic heterocycles. The van der Waals surface area contributed by atoms with Crippen molar-refractivity contribution in [3.63, 3.8) is 0 Å². The fourth-order valence-electron chi connectivity index (χ4n) is 3.71. The molecule has 39 heavy (non-hydrogen) atoms. The molecule has 0 radical (unpaired) electrons. The van der Waals surface area contributed by atoms with Crippen LogP contribution in [-0.2, 0) is 15.1 Å². The number of nitro groups is 1. The van der Waals surface area contributed by atoms with E-state index in [1.54, 1.807) is 35.1 Å². The van der Waals surface area contributed by atoms with E-state index in [1.807, 2.05) is 41.5 Å². The van der Waals surface area contributed by atoms with Gasteiger partial charge in [-0.25, -0.2) is 9.67 Å². The number of unbranched alkanes of at least 4 members (excludes halogenated alkanes) is 1. The predicted octanol–water partition coefficient (Wildman–Crippen LogP) is 6.11. The summed E-state index contributed by atoms with van der Waals surface area (Å²) in [7, 11) is 0. The Balaban J connectivity index is 1.76. The molecule has 0 saturated heterocycles. The maximum Gasteiger partial charge on any atom is 0.306 e. The Labute approximate surface area is 227 Å². The van der Waals surface area contributed by atoms with Crippen molar-refractivity contribution in [2.24, 2.45) is 0 Å². The predicted molar refractivity (Wildman–Crippen MR) is 147 cm³/mol. The zero-order valence-corrected chi connectivity index (χ0v) is 23.1. The van der Waals surface area contributed by atoms with E-state index in [0.29, 0.717) is 60.1 Å². The molecule has 0 amide bonds. The average molecular weight is 535 g/mol. The summed E-state index contributed by atoms with van der Waals surface area (Å²) < 4.78 is 12.8. The summed E-state index contributed by atoms with van der Waals surface area (Å²) in [6, 6.07) is 11.7. The number of pyridine rings is 1. The number of nitriles is 1. The molecule has 1 N–H and O–H groups in total. The number of nitro benzene ring substituents is 1. The third-order valence-corrected chi connectivity index (χ3v) is 5.43. The van der Waals surface area contributed by atoms with Crippen LogP contribution in [0.2, 0.25) is 0 Å². The Kier molecular flexibility index (Phi) is 8.91. The summed E-state index contributed by atoms with van der Waals surface area (Å²) in [5, 5.41) is 29.1. The summed E-state index contributed by atoms with van der Waals surface area (Å²) in [6.07, 6.45) is 3.21. The standard InChI is InChI=1S/C28H34N6O5/c1-27(2,3)33-26(22(18-29)25(32-33)19-10-12-21(13-11-19)34(36)37)31-20-14-15-30-23(17-20)38-16-8-7-9-24(35)39-28(4,5)6/h10-15,17H,7-9,16H2,1-6H3,(H,30,31). The van der Waals surface area contributed by atoms with E-state index in [0.717, 1.165) is 0 Å². The van der Waals surface area contributed by atoms with Crippen molar-refractivity contribution in [2.45, 2.75) is 71.9 Å². The number of carbonyl (C=O) groups excluding carboxylic acids is 1. The maximum absolute atomic E-state index is 11.9. The van der Waals surface area contributed by atoms with Gasteiger partial charge in [-0.1, -0.05) is 0 Å². The summed E-state index contributed by atoms with van der Waals surface area (Å²) in [4.78, 5) is 26.7. The monoisotopic (exact) mass is 534 g/mol. The number of non-ortho nitro benzene ring substituents is 1. The molecule has 206 valence electrons. The molecular weight excluding hydrogens is 500 g/mol. The number of hydrogen-bond donors (Lipinski definition) is 1. The quantitative estimate of drug-likeness (QED) is 0.141. The zero-order chi connectivity index (χ0) is 28.8. The second kappa shape index (κ2) is 11.9. The van der Waals surface area contributed by atoms with Crippen molar-refractivity contribution in [3.8, 4) is 23.2 Å². The largest absolute Gasteiger partial charge is 0.478 e. The van der Waals surface area contributed by atoms with Crippen molar-refractivity contribution in [3.05, 3.63) is 58.3 Å². The smallest absolute Gasteiger partial charge is 0.306 e. The highest BCUT2D eigenvalue weighted by atomic mass is 16.6. The van der Waals surface area contributed by atoms with Gasteiger partial charge in [0.1, 0.15) is 28.7 Å². The van der Waals surface area contributed by atoms with Gasteiger partial charge in [-0.3, -0.25) is 14.9 Å². The first-order valence-electron chi connectivity index (χ1n) is 12.6. The van der Waals surface area contributed by atoms with Crippen molar-refractivity contribution in [1.29, 1.82) is 5.26 Å². The number of rotatable bonds is 10. The number of nitrogens with one attached hydrogen (secondary N) is 1. The third-order valence-electron chi connectivity index (χ3n) is 5.43. The van der Waals surface area contributed by atoms with Crippen LogP contribution in [0.1, 0.15) is 66.4 Å². The van der Waals surface area contributed by atoms with Crippen LogP contribution in [0.25, 0.3) is 11.3 Å². The fourth-order valence-corrected chi connectivity index (χ4v) is 3.71. The first-order valence-corrected chi connectivity index (χ1v) is 12.6. The Morgan fingerprint density at radius 3 is 2.41 bits per heavy atom. The van der Waals surface area contributed by atoms with E-state index in [9.17, 15) is 20.2 Å². The lowest BCUT2D eigenvalue weighted by molar-refractivity contribution is -0.384. The SMILES string of the molecule is CC(C)(C)OC(=O)CCCCOc1cc(Nc2c(C#N)c(-c3ccc([N+](=O)[O-])cc3)nn2C(C)(C)C)ccn1. The fraction of sp³-hybridized carbons (Fsp3) is 0.429. The molecule has 0 aliphatic rings. The summed E-state index contributed by atoms with van der Waals surface area (Å²) in [5.74, 6) is 0.643. The first kappa shape index (κ1) is 29.1. The van der Waals surface area contributed by atoms with Gasteiger partial charge in [-0.05, 0) is 72.6 Å². The van der Waals surface area contributed by atoms with Crippen LogP contribution in [0.5, 0.6) is 5.88 Å². The molecule has 0 fully saturated rings. The Hall–Kier alpha value is -4.46. The normalized spacial score (nSPS) is 11.5. The van der Waals surface area contributed by atoms with Crippen LogP contribution in [-0.4, -0.2) is 37.9 Å². The molecule has 3 rings (SSSR count). The summed E-state index contributed by atoms with van der Waals surface area (Å²) in [5.41, 5.74) is 0.939. The Morgan fingerprint density at radius 1 is 1.13 bits per heavy atom. The van der Waals surface area contributed by atoms with Gasteiger partial charge in [-0.15, -0.1) is 0 Å². The summed E-state index contributed by atoms with van der Waals surface area (Å²) in [6.45, 7) is 11.8. The van der Waals surface area contributed by atoms with Crippen LogP contribution in [0.15, 0.2) is 42.6 Å². The van der Waals surface area contributed by atoms with Crippen LogP contribution in [0, 0.1) is 21.4 Å². The number of esters is 1. The average Bonchev–Trinajstić information content (AvgIpc) is 3.21. The van der Waals surface area contributed by atoms with E-state index in [1.165, 1.54) is 12.1 Å². The van der Waals surface area contributed by atoms with Crippen molar-refractivity contribution >= 4 is 23.2 Å². The van der Waals surface area contributed by atoms with Gasteiger partial charge in [0.05, 0.1) is 17.1 Å². The molecule has 11 nitrogen and oxygen atoms in total. The number of anilines is 2. The Morgan fingerprint density at radius 2 is 1.82 bits per heavy atom. The highest BCUT2D eigenvalue weighted by Crippen LogP contribution is 2.35. The van der Waals surface area contributed by atoms with Gasteiger partial charge < -0.3 is 14.8 Å². The van der Waals surface area contributed by atoms with E-state index in [-0.39, 0.29) is 11.7 Å². The van der Waals surface area contributed by atoms with Gasteiger partial charge >= 0.3 is 5.97 Å². The number of benzene rings is 1. The van der Waals surface area contributed by atoms with Gasteiger partial charge in [0.25, 0.3) is 5.69 Å². The van der Waals surface area contributed by atoms with E-state index in [2.05, 4.69) is 16.4 Å². The first-order chi connectivity index (χ1) is 18.3. The molecule has 3 aromatic rings. The minimum Gasteiger partial charge on any atom is -0.478 e. The van der Waals surface area contributed by atoms with Gasteiger partial charge in [0.15, 0.2) is 0 Å². The molecule has 0 bridgehead atoms. The van der Waals surface area contributed by atoms with Crippen molar-refractivity contribution in [2.75, 3.05) is 11.9 Å². The van der Waals surface area contributed by atoms with Crippen molar-refractivity contribution in [1.82, 2.24) is 14.8 Å². The minimum absolute atomic E-state index is 0.0417. The maximum atomic E-state index is 11.9. The van der Waals surface area contributed by atoms with Crippen LogP contribution in [0.4, 0.5) is 17.2 Å². The van der Waals surface area contributed by atoms with E-state index < -0.39 is 16.1 Å². The number of hydrogen-bond acceptors (Lipinski definition) is 9. The highest BCUT2D eigenvalue weighted by molar-refractivity contribution is 5.77. The van der Waals surface area contributed by atoms with Crippen LogP contribution >= 0.6 is 0 Å². The van der Waals surface area contributed by atoms with Gasteiger partial charge in [0, 0.05) is 42.1 Å². The van der Waals surface area contributed by atoms with Crippen LogP contribution in [0.3, 0.4) is 0 Å². The molecule has 0 saturated carbocycles. The topological polar surface area (TPSA) is 145 Å². The number of ether oxygens (including phenoxy) is 2. The lowest BCUT2D eigenvalue weighted by Crippen LogP contribution is -2.24.